The second-order valence-corrected chi connectivity index (χ2v) is 7.32. The van der Waals surface area contributed by atoms with Crippen molar-refractivity contribution in [3.05, 3.63) is 35.4 Å². The predicted octanol–water partition coefficient (Wildman–Crippen LogP) is 3.11. The molecule has 0 aromatic heterocycles. The van der Waals surface area contributed by atoms with E-state index in [4.69, 9.17) is 0 Å². The molecule has 0 aliphatic heterocycles. The second kappa shape index (κ2) is 6.73. The van der Waals surface area contributed by atoms with E-state index >= 15 is 0 Å². The lowest BCUT2D eigenvalue weighted by atomic mass is 9.84. The zero-order chi connectivity index (χ0) is 14.6. The van der Waals surface area contributed by atoms with Crippen LogP contribution in [0.4, 0.5) is 0 Å². The van der Waals surface area contributed by atoms with Crippen LogP contribution in [0, 0.1) is 5.92 Å². The Morgan fingerprint density at radius 3 is 2.60 bits per heavy atom. The van der Waals surface area contributed by atoms with Crippen LogP contribution in [0.25, 0.3) is 0 Å². The Bertz CT molecular complexity index is 420. The van der Waals surface area contributed by atoms with Crippen LogP contribution in [0.1, 0.15) is 38.3 Å². The summed E-state index contributed by atoms with van der Waals surface area (Å²) in [6.45, 7) is 10.1. The largest absolute Gasteiger partial charge is 0.311 e. The van der Waals surface area contributed by atoms with Crippen molar-refractivity contribution in [1.29, 1.82) is 0 Å². The quantitative estimate of drug-likeness (QED) is 0.887. The Morgan fingerprint density at radius 2 is 1.90 bits per heavy atom. The first-order chi connectivity index (χ1) is 9.44. The van der Waals surface area contributed by atoms with Gasteiger partial charge in [-0.1, -0.05) is 24.3 Å². The molecule has 0 bridgehead atoms. The van der Waals surface area contributed by atoms with Crippen LogP contribution in [-0.2, 0) is 12.8 Å². The van der Waals surface area contributed by atoms with Crippen LogP contribution in [0.3, 0.4) is 0 Å². The van der Waals surface area contributed by atoms with Crippen molar-refractivity contribution >= 4 is 0 Å². The molecular formula is C18H30N2. The molecule has 0 radical (unpaired) electrons. The number of nitrogens with one attached hydrogen (secondary N) is 1. The third-order valence-electron chi connectivity index (χ3n) is 4.17. The monoisotopic (exact) mass is 274 g/mol. The minimum atomic E-state index is 0.227. The normalized spacial score (nSPS) is 19.1. The van der Waals surface area contributed by atoms with E-state index in [1.54, 1.807) is 11.1 Å². The van der Waals surface area contributed by atoms with Gasteiger partial charge in [0, 0.05) is 25.2 Å². The molecule has 0 spiro atoms. The van der Waals surface area contributed by atoms with Gasteiger partial charge in [0.25, 0.3) is 0 Å². The molecule has 2 rings (SSSR count). The number of fused-ring (bicyclic) bond motifs is 1. The number of hydrogen-bond donors (Lipinski definition) is 1. The molecule has 0 saturated carbocycles. The van der Waals surface area contributed by atoms with Gasteiger partial charge in [-0.2, -0.15) is 0 Å². The van der Waals surface area contributed by atoms with E-state index in [-0.39, 0.29) is 5.54 Å². The number of rotatable bonds is 5. The van der Waals surface area contributed by atoms with Crippen LogP contribution >= 0.6 is 0 Å². The first-order valence-electron chi connectivity index (χ1n) is 7.94. The van der Waals surface area contributed by atoms with Gasteiger partial charge in [0.1, 0.15) is 0 Å². The minimum Gasteiger partial charge on any atom is -0.311 e. The van der Waals surface area contributed by atoms with Crippen molar-refractivity contribution in [2.45, 2.75) is 45.6 Å². The summed E-state index contributed by atoms with van der Waals surface area (Å²) in [6, 6.07) is 8.95. The number of aryl methyl sites for hydroxylation is 1. The highest BCUT2D eigenvalue weighted by atomic mass is 15.1. The fourth-order valence-corrected chi connectivity index (χ4v) is 3.08. The third kappa shape index (κ3) is 4.92. The maximum atomic E-state index is 3.56. The smallest absolute Gasteiger partial charge is 0.0104 e. The predicted molar refractivity (Wildman–Crippen MR) is 87.2 cm³/mol. The highest BCUT2D eigenvalue weighted by Gasteiger charge is 2.19. The van der Waals surface area contributed by atoms with Gasteiger partial charge in [-0.05, 0) is 64.1 Å². The molecule has 1 atom stereocenters. The van der Waals surface area contributed by atoms with Gasteiger partial charge in [-0.15, -0.1) is 0 Å². The van der Waals surface area contributed by atoms with Gasteiger partial charge < -0.3 is 10.2 Å². The van der Waals surface area contributed by atoms with Crippen molar-refractivity contribution in [2.75, 3.05) is 26.7 Å². The molecule has 1 aliphatic carbocycles. The van der Waals surface area contributed by atoms with Gasteiger partial charge >= 0.3 is 0 Å². The molecule has 1 N–H and O–H groups in total. The van der Waals surface area contributed by atoms with Crippen LogP contribution in [-0.4, -0.2) is 37.1 Å². The SMILES string of the molecule is CN(CCNC(C)(C)C)CC1CCc2ccccc2C1. The van der Waals surface area contributed by atoms with Crippen molar-refractivity contribution in [3.63, 3.8) is 0 Å². The molecule has 1 aromatic carbocycles. The van der Waals surface area contributed by atoms with Crippen LogP contribution < -0.4 is 5.32 Å². The molecule has 0 saturated heterocycles. The topological polar surface area (TPSA) is 15.3 Å². The van der Waals surface area contributed by atoms with Crippen LogP contribution in [0.2, 0.25) is 0 Å². The van der Waals surface area contributed by atoms with Crippen molar-refractivity contribution in [2.24, 2.45) is 5.92 Å². The summed E-state index contributed by atoms with van der Waals surface area (Å²) in [6.07, 6.45) is 3.86. The Balaban J connectivity index is 1.75. The van der Waals surface area contributed by atoms with Crippen molar-refractivity contribution in [1.82, 2.24) is 10.2 Å². The van der Waals surface area contributed by atoms with Gasteiger partial charge in [0.2, 0.25) is 0 Å². The summed E-state index contributed by atoms with van der Waals surface area (Å²) in [5, 5.41) is 3.56. The van der Waals surface area contributed by atoms with Crippen LogP contribution in [0.15, 0.2) is 24.3 Å². The van der Waals surface area contributed by atoms with Crippen molar-refractivity contribution < 1.29 is 0 Å². The molecule has 0 heterocycles. The lowest BCUT2D eigenvalue weighted by molar-refractivity contribution is 0.252. The fourth-order valence-electron chi connectivity index (χ4n) is 3.08. The number of likely N-dealkylation sites (N-methyl/N-ethyl adjacent to an activating group) is 1. The molecule has 2 heteroatoms. The molecule has 0 fully saturated rings. The first-order valence-corrected chi connectivity index (χ1v) is 7.94. The zero-order valence-corrected chi connectivity index (χ0v) is 13.6. The molecule has 20 heavy (non-hydrogen) atoms. The van der Waals surface area contributed by atoms with Crippen LogP contribution in [0.5, 0.6) is 0 Å². The fraction of sp³-hybridized carbons (Fsp3) is 0.667. The Labute approximate surface area is 124 Å². The van der Waals surface area contributed by atoms with Crippen molar-refractivity contribution in [3.8, 4) is 0 Å². The molecular weight excluding hydrogens is 244 g/mol. The highest BCUT2D eigenvalue weighted by Crippen LogP contribution is 2.25. The summed E-state index contributed by atoms with van der Waals surface area (Å²) < 4.78 is 0. The lowest BCUT2D eigenvalue weighted by Crippen LogP contribution is -2.41. The van der Waals surface area contributed by atoms with E-state index in [1.807, 2.05) is 0 Å². The lowest BCUT2D eigenvalue weighted by Gasteiger charge is -2.29. The molecule has 1 unspecified atom stereocenters. The number of nitrogens with zero attached hydrogens (tertiary/aromatic N) is 1. The van der Waals surface area contributed by atoms with E-state index in [9.17, 15) is 0 Å². The molecule has 1 aromatic rings. The molecule has 1 aliphatic rings. The number of hydrogen-bond acceptors (Lipinski definition) is 2. The average molecular weight is 274 g/mol. The summed E-state index contributed by atoms with van der Waals surface area (Å²) in [5.74, 6) is 0.824. The minimum absolute atomic E-state index is 0.227. The second-order valence-electron chi connectivity index (χ2n) is 7.32. The Hall–Kier alpha value is -0.860. The van der Waals surface area contributed by atoms with E-state index in [0.717, 1.165) is 19.0 Å². The highest BCUT2D eigenvalue weighted by molar-refractivity contribution is 5.29. The summed E-state index contributed by atoms with van der Waals surface area (Å²) in [4.78, 5) is 2.48. The van der Waals surface area contributed by atoms with Gasteiger partial charge in [-0.25, -0.2) is 0 Å². The van der Waals surface area contributed by atoms with Gasteiger partial charge in [0.15, 0.2) is 0 Å². The maximum Gasteiger partial charge on any atom is 0.0104 e. The van der Waals surface area contributed by atoms with E-state index in [1.165, 1.54) is 25.8 Å². The molecule has 2 nitrogen and oxygen atoms in total. The summed E-state index contributed by atoms with van der Waals surface area (Å²) in [5.41, 5.74) is 3.37. The molecule has 0 amide bonds. The Morgan fingerprint density at radius 1 is 1.20 bits per heavy atom. The summed E-state index contributed by atoms with van der Waals surface area (Å²) in [7, 11) is 2.25. The molecule has 112 valence electrons. The average Bonchev–Trinajstić information content (AvgIpc) is 2.37. The van der Waals surface area contributed by atoms with Gasteiger partial charge in [0.05, 0.1) is 0 Å². The third-order valence-corrected chi connectivity index (χ3v) is 4.17. The van der Waals surface area contributed by atoms with E-state index in [0.29, 0.717) is 0 Å². The Kier molecular flexibility index (Phi) is 5.22. The van der Waals surface area contributed by atoms with Gasteiger partial charge in [-0.3, -0.25) is 0 Å². The summed E-state index contributed by atoms with van der Waals surface area (Å²) >= 11 is 0. The first kappa shape index (κ1) is 15.5. The zero-order valence-electron chi connectivity index (χ0n) is 13.6. The van der Waals surface area contributed by atoms with E-state index in [2.05, 4.69) is 62.3 Å². The number of benzene rings is 1. The maximum absolute atomic E-state index is 3.56. The van der Waals surface area contributed by atoms with E-state index < -0.39 is 0 Å². The standard InChI is InChI=1S/C18H30N2/c1-18(2,3)19-11-12-20(4)14-15-9-10-16-7-5-6-8-17(16)13-15/h5-8,15,19H,9-14H2,1-4H3.